The molecule has 0 aromatic heterocycles. The summed E-state index contributed by atoms with van der Waals surface area (Å²) >= 11 is 1.25. The van der Waals surface area contributed by atoms with E-state index >= 15 is 0 Å². The number of aromatic carboxylic acids is 1. The number of thioether (sulfide) groups is 1. The average molecular weight is 481 g/mol. The van der Waals surface area contributed by atoms with Crippen LogP contribution in [0.15, 0.2) is 71.6 Å². The molecule has 0 heterocycles. The lowest BCUT2D eigenvalue weighted by Crippen LogP contribution is -2.22. The number of aromatic hydroxyl groups is 1. The summed E-state index contributed by atoms with van der Waals surface area (Å²) in [6.07, 6.45) is 0. The molecule has 3 aromatic rings. The highest BCUT2D eigenvalue weighted by Crippen LogP contribution is 2.27. The van der Waals surface area contributed by atoms with Crippen LogP contribution >= 0.6 is 11.8 Å². The van der Waals surface area contributed by atoms with Gasteiger partial charge < -0.3 is 20.8 Å². The van der Waals surface area contributed by atoms with E-state index in [1.807, 2.05) is 0 Å². The van der Waals surface area contributed by atoms with Gasteiger partial charge in [-0.15, -0.1) is 11.8 Å². The fraction of sp³-hybridized carbons (Fsp3) is 0.0870. The molecule has 34 heavy (non-hydrogen) atoms. The molecule has 0 aliphatic rings. The summed E-state index contributed by atoms with van der Waals surface area (Å²) in [5.74, 6) is -2.57. The number of rotatable bonds is 8. The van der Waals surface area contributed by atoms with Crippen molar-refractivity contribution in [2.45, 2.75) is 17.1 Å². The molecule has 0 saturated heterocycles. The Bertz CT molecular complexity index is 1260. The molecule has 1 unspecified atom stereocenters. The van der Waals surface area contributed by atoms with Crippen molar-refractivity contribution in [3.8, 4) is 5.75 Å². The molecule has 0 aliphatic heterocycles. The minimum absolute atomic E-state index is 0.151. The smallest absolute Gasteiger partial charge is 0.339 e. The van der Waals surface area contributed by atoms with Crippen LogP contribution in [0, 0.1) is 10.1 Å². The lowest BCUT2D eigenvalue weighted by molar-refractivity contribution is -0.384. The number of nitro groups is 1. The van der Waals surface area contributed by atoms with Gasteiger partial charge in [0.05, 0.1) is 10.2 Å². The Balaban J connectivity index is 1.59. The molecule has 174 valence electrons. The summed E-state index contributed by atoms with van der Waals surface area (Å²) in [6, 6.07) is 15.9. The second kappa shape index (κ2) is 10.5. The quantitative estimate of drug-likeness (QED) is 0.160. The summed E-state index contributed by atoms with van der Waals surface area (Å²) in [6.45, 7) is 1.68. The SMILES string of the molecule is CC(Sc1ccc(NC(=O)c2cccc([N+](=O)[O-])c2)cc1)C(=O)Nc1ccc(O)c(C(=O)O)c1. The van der Waals surface area contributed by atoms with E-state index < -0.39 is 27.8 Å². The molecular formula is C23H19N3O7S. The normalized spacial score (nSPS) is 11.3. The molecule has 0 fully saturated rings. The number of phenols is 1. The Kier molecular flexibility index (Phi) is 7.49. The van der Waals surface area contributed by atoms with Crippen molar-refractivity contribution >= 4 is 46.6 Å². The second-order valence-corrected chi connectivity index (χ2v) is 8.49. The van der Waals surface area contributed by atoms with Crippen molar-refractivity contribution in [3.05, 3.63) is 88.0 Å². The molecule has 11 heteroatoms. The summed E-state index contributed by atoms with van der Waals surface area (Å²) < 4.78 is 0. The first-order valence-corrected chi connectivity index (χ1v) is 10.7. The maximum absolute atomic E-state index is 12.5. The van der Waals surface area contributed by atoms with Gasteiger partial charge in [-0.3, -0.25) is 19.7 Å². The van der Waals surface area contributed by atoms with Gasteiger partial charge in [0.15, 0.2) is 0 Å². The van der Waals surface area contributed by atoms with E-state index in [4.69, 9.17) is 5.11 Å². The van der Waals surface area contributed by atoms with Crippen LogP contribution in [0.4, 0.5) is 17.1 Å². The number of benzene rings is 3. The van der Waals surface area contributed by atoms with E-state index in [-0.39, 0.29) is 28.4 Å². The van der Waals surface area contributed by atoms with E-state index in [0.29, 0.717) is 5.69 Å². The van der Waals surface area contributed by atoms with Crippen molar-refractivity contribution in [1.29, 1.82) is 0 Å². The number of non-ortho nitro benzene ring substituents is 1. The number of amides is 2. The zero-order chi connectivity index (χ0) is 24.8. The Hall–Kier alpha value is -4.38. The van der Waals surface area contributed by atoms with Crippen molar-refractivity contribution in [1.82, 2.24) is 0 Å². The van der Waals surface area contributed by atoms with Gasteiger partial charge in [0.1, 0.15) is 11.3 Å². The lowest BCUT2D eigenvalue weighted by Gasteiger charge is -2.13. The highest BCUT2D eigenvalue weighted by atomic mass is 32.2. The molecular weight excluding hydrogens is 462 g/mol. The Morgan fingerprint density at radius 1 is 0.971 bits per heavy atom. The molecule has 4 N–H and O–H groups in total. The lowest BCUT2D eigenvalue weighted by atomic mass is 10.2. The first-order chi connectivity index (χ1) is 16.1. The largest absolute Gasteiger partial charge is 0.507 e. The predicted octanol–water partition coefficient (Wildman–Crippen LogP) is 4.37. The number of carbonyl (C=O) groups is 3. The van der Waals surface area contributed by atoms with Gasteiger partial charge >= 0.3 is 5.97 Å². The number of nitrogens with one attached hydrogen (secondary N) is 2. The monoisotopic (exact) mass is 481 g/mol. The molecule has 3 rings (SSSR count). The molecule has 0 aliphatic carbocycles. The standard InChI is InChI=1S/C23H19N3O7S/c1-13(21(28)25-16-7-10-20(27)19(12-16)23(30)31)34-18-8-5-15(6-9-18)24-22(29)14-3-2-4-17(11-14)26(32)33/h2-13,27H,1H3,(H,24,29)(H,25,28)(H,30,31). The number of carboxylic acid groups (broad SMARTS) is 1. The van der Waals surface area contributed by atoms with E-state index in [1.165, 1.54) is 54.2 Å². The summed E-state index contributed by atoms with van der Waals surface area (Å²) in [5.41, 5.74) is 0.368. The van der Waals surface area contributed by atoms with E-state index in [0.717, 1.165) is 4.90 Å². The van der Waals surface area contributed by atoms with Crippen LogP contribution in [-0.2, 0) is 4.79 Å². The number of nitro benzene ring substituents is 1. The van der Waals surface area contributed by atoms with Gasteiger partial charge in [-0.2, -0.15) is 0 Å². The highest BCUT2D eigenvalue weighted by molar-refractivity contribution is 8.00. The number of carbonyl (C=O) groups excluding carboxylic acids is 2. The fourth-order valence-corrected chi connectivity index (χ4v) is 3.73. The zero-order valence-corrected chi connectivity index (χ0v) is 18.5. The first-order valence-electron chi connectivity index (χ1n) is 9.83. The van der Waals surface area contributed by atoms with Crippen molar-refractivity contribution in [3.63, 3.8) is 0 Å². The van der Waals surface area contributed by atoms with Gasteiger partial charge in [-0.1, -0.05) is 6.07 Å². The molecule has 1 atom stereocenters. The third-order valence-corrected chi connectivity index (χ3v) is 5.72. The highest BCUT2D eigenvalue weighted by Gasteiger charge is 2.17. The minimum Gasteiger partial charge on any atom is -0.507 e. The van der Waals surface area contributed by atoms with Gasteiger partial charge in [-0.05, 0) is 55.5 Å². The maximum atomic E-state index is 12.5. The molecule has 2 amide bonds. The molecule has 3 aromatic carbocycles. The van der Waals surface area contributed by atoms with E-state index in [9.17, 15) is 29.6 Å². The predicted molar refractivity (Wildman–Crippen MR) is 127 cm³/mol. The van der Waals surface area contributed by atoms with E-state index in [2.05, 4.69) is 10.6 Å². The van der Waals surface area contributed by atoms with Crippen LogP contribution in [-0.4, -0.2) is 38.2 Å². The topological polar surface area (TPSA) is 159 Å². The van der Waals surface area contributed by atoms with Crippen LogP contribution < -0.4 is 10.6 Å². The first kappa shape index (κ1) is 24.3. The van der Waals surface area contributed by atoms with Crippen molar-refractivity contribution in [2.24, 2.45) is 0 Å². The molecule has 0 spiro atoms. The van der Waals surface area contributed by atoms with Crippen molar-refractivity contribution in [2.75, 3.05) is 10.6 Å². The maximum Gasteiger partial charge on any atom is 0.339 e. The van der Waals surface area contributed by atoms with E-state index in [1.54, 1.807) is 31.2 Å². The van der Waals surface area contributed by atoms with Crippen molar-refractivity contribution < 1.29 is 29.5 Å². The van der Waals surface area contributed by atoms with Gasteiger partial charge in [0.25, 0.3) is 11.6 Å². The second-order valence-electron chi connectivity index (χ2n) is 7.07. The Morgan fingerprint density at radius 2 is 1.65 bits per heavy atom. The van der Waals surface area contributed by atoms with Crippen LogP contribution in [0.2, 0.25) is 0 Å². The number of hydrogen-bond acceptors (Lipinski definition) is 7. The summed E-state index contributed by atoms with van der Waals surface area (Å²) in [7, 11) is 0. The summed E-state index contributed by atoms with van der Waals surface area (Å²) in [5, 5.41) is 34.3. The molecule has 10 nitrogen and oxygen atoms in total. The Morgan fingerprint density at radius 3 is 2.29 bits per heavy atom. The van der Waals surface area contributed by atoms with Crippen LogP contribution in [0.1, 0.15) is 27.6 Å². The number of hydrogen-bond donors (Lipinski definition) is 4. The third-order valence-electron chi connectivity index (χ3n) is 4.61. The Labute approximate surface area is 197 Å². The fourth-order valence-electron chi connectivity index (χ4n) is 2.87. The van der Waals surface area contributed by atoms with Crippen LogP contribution in [0.25, 0.3) is 0 Å². The average Bonchev–Trinajstić information content (AvgIpc) is 2.81. The minimum atomic E-state index is -1.31. The molecule has 0 radical (unpaired) electrons. The van der Waals surface area contributed by atoms with Gasteiger partial charge in [0, 0.05) is 34.0 Å². The molecule has 0 saturated carbocycles. The molecule has 0 bridgehead atoms. The van der Waals surface area contributed by atoms with Gasteiger partial charge in [-0.25, -0.2) is 4.79 Å². The third kappa shape index (κ3) is 6.11. The number of carboxylic acids is 1. The number of anilines is 2. The van der Waals surface area contributed by atoms with Crippen LogP contribution in [0.5, 0.6) is 5.75 Å². The van der Waals surface area contributed by atoms with Gasteiger partial charge in [0.2, 0.25) is 5.91 Å². The summed E-state index contributed by atoms with van der Waals surface area (Å²) in [4.78, 5) is 47.0. The van der Waals surface area contributed by atoms with Crippen LogP contribution in [0.3, 0.4) is 0 Å². The zero-order valence-electron chi connectivity index (χ0n) is 17.7. The number of nitrogens with zero attached hydrogens (tertiary/aromatic N) is 1.